The summed E-state index contributed by atoms with van der Waals surface area (Å²) >= 11 is 0. The second-order valence-electron chi connectivity index (χ2n) is 5.58. The molecule has 0 amide bonds. The summed E-state index contributed by atoms with van der Waals surface area (Å²) in [4.78, 5) is 14.4. The van der Waals surface area contributed by atoms with Crippen LogP contribution in [0, 0.1) is 5.92 Å². The van der Waals surface area contributed by atoms with Crippen molar-refractivity contribution in [3.63, 3.8) is 0 Å². The molecular weight excluding hydrogens is 240 g/mol. The lowest BCUT2D eigenvalue weighted by molar-refractivity contribution is 0.0594. The summed E-state index contributed by atoms with van der Waals surface area (Å²) in [6.45, 7) is 3.13. The maximum Gasteiger partial charge on any atom is 0.354 e. The second kappa shape index (κ2) is 6.75. The molecule has 0 saturated heterocycles. The fourth-order valence-corrected chi connectivity index (χ4v) is 2.72. The van der Waals surface area contributed by atoms with Gasteiger partial charge in [-0.2, -0.15) is 0 Å². The van der Waals surface area contributed by atoms with Gasteiger partial charge in [0.15, 0.2) is 0 Å². The lowest BCUT2D eigenvalue weighted by Crippen LogP contribution is -2.28. The minimum absolute atomic E-state index is 0.311. The largest absolute Gasteiger partial charge is 0.464 e. The average molecular weight is 264 g/mol. The highest BCUT2D eigenvalue weighted by Crippen LogP contribution is 2.22. The summed E-state index contributed by atoms with van der Waals surface area (Å²) in [7, 11) is 1.40. The van der Waals surface area contributed by atoms with Crippen LogP contribution in [0.5, 0.6) is 0 Å². The second-order valence-corrected chi connectivity index (χ2v) is 5.58. The summed E-state index contributed by atoms with van der Waals surface area (Å²) in [6.07, 6.45) is 6.50. The lowest BCUT2D eigenvalue weighted by Gasteiger charge is -2.15. The summed E-state index contributed by atoms with van der Waals surface area (Å²) < 4.78 is 4.68. The standard InChI is InChI=1S/C15H24N2O2/c1-11-4-3-5-12(7-6-11)16-10-13-8-9-14(17-13)15(18)19-2/h8-9,11-12,16-17H,3-7,10H2,1-2H3. The first kappa shape index (κ1) is 14.1. The van der Waals surface area contributed by atoms with Crippen LogP contribution in [0.4, 0.5) is 0 Å². The molecular formula is C15H24N2O2. The van der Waals surface area contributed by atoms with Crippen LogP contribution in [0.3, 0.4) is 0 Å². The smallest absolute Gasteiger partial charge is 0.354 e. The third-order valence-corrected chi connectivity index (χ3v) is 3.99. The number of rotatable bonds is 4. The van der Waals surface area contributed by atoms with Crippen LogP contribution in [0.15, 0.2) is 12.1 Å². The van der Waals surface area contributed by atoms with E-state index in [1.807, 2.05) is 6.07 Å². The summed E-state index contributed by atoms with van der Waals surface area (Å²) in [5.41, 5.74) is 1.56. The SMILES string of the molecule is COC(=O)c1ccc(CNC2CCCC(C)CC2)[nH]1. The molecule has 2 N–H and O–H groups in total. The third kappa shape index (κ3) is 4.10. The molecule has 4 heteroatoms. The number of methoxy groups -OCH3 is 1. The van der Waals surface area contributed by atoms with Gasteiger partial charge >= 0.3 is 5.97 Å². The van der Waals surface area contributed by atoms with Gasteiger partial charge in [0.2, 0.25) is 0 Å². The molecule has 1 aromatic heterocycles. The van der Waals surface area contributed by atoms with Crippen molar-refractivity contribution >= 4 is 5.97 Å². The van der Waals surface area contributed by atoms with Crippen molar-refractivity contribution in [2.45, 2.75) is 51.6 Å². The molecule has 2 atom stereocenters. The minimum Gasteiger partial charge on any atom is -0.464 e. The van der Waals surface area contributed by atoms with Crippen LogP contribution < -0.4 is 5.32 Å². The summed E-state index contributed by atoms with van der Waals surface area (Å²) in [6, 6.07) is 4.33. The number of carbonyl (C=O) groups excluding carboxylic acids is 1. The molecule has 1 aromatic rings. The van der Waals surface area contributed by atoms with Crippen LogP contribution in [0.1, 0.15) is 55.2 Å². The third-order valence-electron chi connectivity index (χ3n) is 3.99. The van der Waals surface area contributed by atoms with E-state index in [2.05, 4.69) is 22.0 Å². The van der Waals surface area contributed by atoms with Gasteiger partial charge in [-0.25, -0.2) is 4.79 Å². The first-order valence-corrected chi connectivity index (χ1v) is 7.18. The molecule has 0 aromatic carbocycles. The molecule has 0 bridgehead atoms. The van der Waals surface area contributed by atoms with E-state index in [1.54, 1.807) is 6.07 Å². The monoisotopic (exact) mass is 264 g/mol. The quantitative estimate of drug-likeness (QED) is 0.649. The van der Waals surface area contributed by atoms with E-state index in [-0.39, 0.29) is 5.97 Å². The molecule has 106 valence electrons. The van der Waals surface area contributed by atoms with Crippen LogP contribution in [0.25, 0.3) is 0 Å². The van der Waals surface area contributed by atoms with Gasteiger partial charge in [-0.1, -0.05) is 19.8 Å². The van der Waals surface area contributed by atoms with Crippen molar-refractivity contribution in [2.24, 2.45) is 5.92 Å². The number of ether oxygens (including phenoxy) is 1. The van der Waals surface area contributed by atoms with Crippen LogP contribution in [0.2, 0.25) is 0 Å². The molecule has 4 nitrogen and oxygen atoms in total. The minimum atomic E-state index is -0.311. The number of esters is 1. The molecule has 19 heavy (non-hydrogen) atoms. The average Bonchev–Trinajstić information content (AvgIpc) is 2.79. The van der Waals surface area contributed by atoms with E-state index < -0.39 is 0 Å². The van der Waals surface area contributed by atoms with Gasteiger partial charge in [0, 0.05) is 18.3 Å². The zero-order valence-corrected chi connectivity index (χ0v) is 11.9. The Morgan fingerprint density at radius 3 is 3.00 bits per heavy atom. The van der Waals surface area contributed by atoms with E-state index in [9.17, 15) is 4.79 Å². The Labute approximate surface area is 114 Å². The van der Waals surface area contributed by atoms with Gasteiger partial charge in [-0.15, -0.1) is 0 Å². The fraction of sp³-hybridized carbons (Fsp3) is 0.667. The van der Waals surface area contributed by atoms with Gasteiger partial charge in [0.25, 0.3) is 0 Å². The molecule has 2 unspecified atom stereocenters. The van der Waals surface area contributed by atoms with E-state index in [1.165, 1.54) is 39.2 Å². The number of nitrogens with one attached hydrogen (secondary N) is 2. The van der Waals surface area contributed by atoms with Crippen LogP contribution in [-0.4, -0.2) is 24.1 Å². The molecule has 1 aliphatic carbocycles. The molecule has 2 rings (SSSR count). The highest BCUT2D eigenvalue weighted by atomic mass is 16.5. The Morgan fingerprint density at radius 1 is 1.37 bits per heavy atom. The number of H-pyrrole nitrogens is 1. The van der Waals surface area contributed by atoms with Crippen molar-refractivity contribution in [3.8, 4) is 0 Å². The van der Waals surface area contributed by atoms with Crippen LogP contribution >= 0.6 is 0 Å². The van der Waals surface area contributed by atoms with Gasteiger partial charge in [-0.05, 0) is 37.3 Å². The molecule has 0 radical (unpaired) electrons. The van der Waals surface area contributed by atoms with Crippen molar-refractivity contribution in [2.75, 3.05) is 7.11 Å². The topological polar surface area (TPSA) is 54.1 Å². The van der Waals surface area contributed by atoms with Crippen molar-refractivity contribution < 1.29 is 9.53 Å². The van der Waals surface area contributed by atoms with Crippen molar-refractivity contribution in [1.29, 1.82) is 0 Å². The predicted octanol–water partition coefficient (Wildman–Crippen LogP) is 2.86. The zero-order chi connectivity index (χ0) is 13.7. The molecule has 0 spiro atoms. The fourth-order valence-electron chi connectivity index (χ4n) is 2.72. The van der Waals surface area contributed by atoms with Crippen molar-refractivity contribution in [1.82, 2.24) is 10.3 Å². The van der Waals surface area contributed by atoms with Crippen LogP contribution in [-0.2, 0) is 11.3 Å². The highest BCUT2D eigenvalue weighted by Gasteiger charge is 2.16. The maximum absolute atomic E-state index is 11.3. The molecule has 1 fully saturated rings. The number of hydrogen-bond donors (Lipinski definition) is 2. The zero-order valence-electron chi connectivity index (χ0n) is 11.9. The Hall–Kier alpha value is -1.29. The lowest BCUT2D eigenvalue weighted by atomic mass is 10.0. The Morgan fingerprint density at radius 2 is 2.21 bits per heavy atom. The summed E-state index contributed by atoms with van der Waals surface area (Å²) in [5.74, 6) is 0.553. The van der Waals surface area contributed by atoms with Gasteiger partial charge in [0.05, 0.1) is 7.11 Å². The molecule has 1 heterocycles. The molecule has 1 aliphatic rings. The predicted molar refractivity (Wildman–Crippen MR) is 75.0 cm³/mol. The number of aromatic nitrogens is 1. The normalized spacial score (nSPS) is 23.9. The molecule has 1 saturated carbocycles. The van der Waals surface area contributed by atoms with Gasteiger partial charge < -0.3 is 15.0 Å². The highest BCUT2D eigenvalue weighted by molar-refractivity contribution is 5.87. The van der Waals surface area contributed by atoms with E-state index in [4.69, 9.17) is 0 Å². The number of hydrogen-bond acceptors (Lipinski definition) is 3. The van der Waals surface area contributed by atoms with E-state index in [0.717, 1.165) is 18.2 Å². The Balaban J connectivity index is 1.81. The summed E-state index contributed by atoms with van der Waals surface area (Å²) in [5, 5.41) is 3.59. The van der Waals surface area contributed by atoms with Gasteiger partial charge in [-0.3, -0.25) is 0 Å². The Kier molecular flexibility index (Phi) is 5.02. The maximum atomic E-state index is 11.3. The van der Waals surface area contributed by atoms with Gasteiger partial charge in [0.1, 0.15) is 5.69 Å². The van der Waals surface area contributed by atoms with Crippen molar-refractivity contribution in [3.05, 3.63) is 23.5 Å². The van der Waals surface area contributed by atoms with E-state index in [0.29, 0.717) is 11.7 Å². The van der Waals surface area contributed by atoms with E-state index >= 15 is 0 Å². The Bertz CT molecular complexity index is 414. The first-order chi connectivity index (χ1) is 9.19. The number of aromatic amines is 1. The number of carbonyl (C=O) groups is 1. The first-order valence-electron chi connectivity index (χ1n) is 7.18. The molecule has 0 aliphatic heterocycles.